The number of aliphatic imine (C=N–C) groups is 1. The SMILES string of the molecule is COc1ccc(CN=C=O)cc1OC1CCN(C)C1. The van der Waals surface area contributed by atoms with Gasteiger partial charge in [0.05, 0.1) is 13.7 Å². The van der Waals surface area contributed by atoms with Crippen LogP contribution in [0, 0.1) is 0 Å². The molecule has 1 aliphatic heterocycles. The molecule has 1 unspecified atom stereocenters. The van der Waals surface area contributed by atoms with Crippen LogP contribution in [-0.4, -0.2) is 44.3 Å². The van der Waals surface area contributed by atoms with Crippen LogP contribution >= 0.6 is 0 Å². The van der Waals surface area contributed by atoms with Crippen LogP contribution in [0.3, 0.4) is 0 Å². The van der Waals surface area contributed by atoms with E-state index in [0.717, 1.165) is 25.1 Å². The van der Waals surface area contributed by atoms with E-state index in [1.165, 1.54) is 6.08 Å². The number of rotatable bonds is 5. The van der Waals surface area contributed by atoms with Gasteiger partial charge in [0.1, 0.15) is 6.10 Å². The molecule has 0 radical (unpaired) electrons. The van der Waals surface area contributed by atoms with Crippen molar-refractivity contribution >= 4 is 6.08 Å². The van der Waals surface area contributed by atoms with Crippen LogP contribution in [0.25, 0.3) is 0 Å². The summed E-state index contributed by atoms with van der Waals surface area (Å²) in [7, 11) is 3.70. The third-order valence-electron chi connectivity index (χ3n) is 3.20. The summed E-state index contributed by atoms with van der Waals surface area (Å²) in [6.45, 7) is 2.27. The summed E-state index contributed by atoms with van der Waals surface area (Å²) >= 11 is 0. The predicted octanol–water partition coefficient (Wildman–Crippen LogP) is 1.61. The quantitative estimate of drug-likeness (QED) is 0.597. The fourth-order valence-corrected chi connectivity index (χ4v) is 2.21. The molecule has 1 saturated heterocycles. The first-order valence-corrected chi connectivity index (χ1v) is 6.28. The van der Waals surface area contributed by atoms with E-state index in [1.54, 1.807) is 7.11 Å². The fraction of sp³-hybridized carbons (Fsp3) is 0.500. The van der Waals surface area contributed by atoms with Crippen molar-refractivity contribution in [1.82, 2.24) is 4.90 Å². The Balaban J connectivity index is 2.13. The Kier molecular flexibility index (Phi) is 4.55. The highest BCUT2D eigenvalue weighted by Crippen LogP contribution is 2.30. The minimum absolute atomic E-state index is 0.184. The summed E-state index contributed by atoms with van der Waals surface area (Å²) in [6.07, 6.45) is 2.73. The highest BCUT2D eigenvalue weighted by Gasteiger charge is 2.22. The molecule has 0 amide bonds. The predicted molar refractivity (Wildman–Crippen MR) is 71.3 cm³/mol. The molecule has 1 aliphatic rings. The number of benzene rings is 1. The topological polar surface area (TPSA) is 51.1 Å². The molecule has 0 aliphatic carbocycles. The number of nitrogens with zero attached hydrogens (tertiary/aromatic N) is 2. The minimum atomic E-state index is 0.184. The van der Waals surface area contributed by atoms with Crippen molar-refractivity contribution in [2.75, 3.05) is 27.2 Å². The lowest BCUT2D eigenvalue weighted by molar-refractivity contribution is 0.199. The van der Waals surface area contributed by atoms with Gasteiger partial charge in [0.15, 0.2) is 11.5 Å². The second-order valence-corrected chi connectivity index (χ2v) is 4.68. The van der Waals surface area contributed by atoms with E-state index in [1.807, 2.05) is 18.2 Å². The van der Waals surface area contributed by atoms with Crippen molar-refractivity contribution < 1.29 is 14.3 Å². The molecule has 1 aromatic rings. The lowest BCUT2D eigenvalue weighted by atomic mass is 10.2. The van der Waals surface area contributed by atoms with Gasteiger partial charge in [-0.05, 0) is 31.2 Å². The van der Waals surface area contributed by atoms with Gasteiger partial charge in [-0.2, -0.15) is 0 Å². The Morgan fingerprint density at radius 3 is 2.95 bits per heavy atom. The van der Waals surface area contributed by atoms with Gasteiger partial charge in [-0.25, -0.2) is 9.79 Å². The van der Waals surface area contributed by atoms with Gasteiger partial charge in [0.2, 0.25) is 6.08 Å². The number of methoxy groups -OCH3 is 1. The van der Waals surface area contributed by atoms with Gasteiger partial charge in [-0.15, -0.1) is 0 Å². The number of likely N-dealkylation sites (tertiary alicyclic amines) is 1. The molecule has 0 N–H and O–H groups in total. The molecule has 0 bridgehead atoms. The van der Waals surface area contributed by atoms with Crippen LogP contribution in [0.2, 0.25) is 0 Å². The molecule has 102 valence electrons. The number of carbonyl (C=O) groups excluding carboxylic acids is 1. The van der Waals surface area contributed by atoms with Gasteiger partial charge in [-0.3, -0.25) is 0 Å². The summed E-state index contributed by atoms with van der Waals surface area (Å²) in [4.78, 5) is 16.0. The van der Waals surface area contributed by atoms with E-state index in [2.05, 4.69) is 16.9 Å². The van der Waals surface area contributed by atoms with Crippen molar-refractivity contribution in [2.45, 2.75) is 19.1 Å². The van der Waals surface area contributed by atoms with E-state index in [9.17, 15) is 4.79 Å². The zero-order valence-electron chi connectivity index (χ0n) is 11.3. The van der Waals surface area contributed by atoms with Crippen LogP contribution < -0.4 is 9.47 Å². The lowest BCUT2D eigenvalue weighted by Crippen LogP contribution is -2.21. The molecule has 19 heavy (non-hydrogen) atoms. The Morgan fingerprint density at radius 2 is 2.32 bits per heavy atom. The Labute approximate surface area is 112 Å². The van der Waals surface area contributed by atoms with Gasteiger partial charge in [0, 0.05) is 13.1 Å². The van der Waals surface area contributed by atoms with Gasteiger partial charge in [0.25, 0.3) is 0 Å². The first-order chi connectivity index (χ1) is 9.22. The zero-order valence-corrected chi connectivity index (χ0v) is 11.3. The van der Waals surface area contributed by atoms with Gasteiger partial charge >= 0.3 is 0 Å². The summed E-state index contributed by atoms with van der Waals surface area (Å²) in [5, 5.41) is 0. The number of isocyanates is 1. The Morgan fingerprint density at radius 1 is 1.47 bits per heavy atom. The van der Waals surface area contributed by atoms with Crippen LogP contribution in [0.15, 0.2) is 23.2 Å². The largest absolute Gasteiger partial charge is 0.493 e. The highest BCUT2D eigenvalue weighted by atomic mass is 16.5. The average Bonchev–Trinajstić information content (AvgIpc) is 2.82. The average molecular weight is 262 g/mol. The maximum atomic E-state index is 10.1. The standard InChI is InChI=1S/C14H18N2O3/c1-16-6-5-12(9-16)19-14-7-11(8-15-10-17)3-4-13(14)18-2/h3-4,7,12H,5-6,8-9H2,1-2H3. The number of hydrogen-bond donors (Lipinski definition) is 0. The molecule has 1 fully saturated rings. The monoisotopic (exact) mass is 262 g/mol. The molecule has 0 aromatic heterocycles. The molecule has 2 rings (SSSR count). The van der Waals surface area contributed by atoms with Crippen molar-refractivity contribution in [3.05, 3.63) is 23.8 Å². The maximum absolute atomic E-state index is 10.1. The van der Waals surface area contributed by atoms with E-state index >= 15 is 0 Å². The molecule has 1 atom stereocenters. The van der Waals surface area contributed by atoms with E-state index in [0.29, 0.717) is 18.0 Å². The molecular formula is C14H18N2O3. The summed E-state index contributed by atoms with van der Waals surface area (Å²) in [5.41, 5.74) is 0.908. The summed E-state index contributed by atoms with van der Waals surface area (Å²) in [6, 6.07) is 5.58. The second kappa shape index (κ2) is 6.36. The number of ether oxygens (including phenoxy) is 2. The smallest absolute Gasteiger partial charge is 0.235 e. The fourth-order valence-electron chi connectivity index (χ4n) is 2.21. The van der Waals surface area contributed by atoms with Gasteiger partial charge in [-0.1, -0.05) is 6.07 Å². The third-order valence-corrected chi connectivity index (χ3v) is 3.20. The first-order valence-electron chi connectivity index (χ1n) is 6.28. The van der Waals surface area contributed by atoms with Crippen molar-refractivity contribution in [3.63, 3.8) is 0 Å². The highest BCUT2D eigenvalue weighted by molar-refractivity contribution is 5.44. The van der Waals surface area contributed by atoms with E-state index < -0.39 is 0 Å². The molecule has 1 aromatic carbocycles. The lowest BCUT2D eigenvalue weighted by Gasteiger charge is -2.16. The van der Waals surface area contributed by atoms with Gasteiger partial charge < -0.3 is 14.4 Å². The second-order valence-electron chi connectivity index (χ2n) is 4.68. The molecular weight excluding hydrogens is 244 g/mol. The van der Waals surface area contributed by atoms with Crippen LogP contribution in [0.5, 0.6) is 11.5 Å². The molecule has 0 saturated carbocycles. The molecule has 5 heteroatoms. The van der Waals surface area contributed by atoms with Crippen molar-refractivity contribution in [2.24, 2.45) is 4.99 Å². The number of hydrogen-bond acceptors (Lipinski definition) is 5. The van der Waals surface area contributed by atoms with Crippen LogP contribution in [0.1, 0.15) is 12.0 Å². The zero-order chi connectivity index (χ0) is 13.7. The van der Waals surface area contributed by atoms with Crippen molar-refractivity contribution in [3.8, 4) is 11.5 Å². The van der Waals surface area contributed by atoms with Crippen molar-refractivity contribution in [1.29, 1.82) is 0 Å². The Bertz CT molecular complexity index is 484. The molecule has 1 heterocycles. The molecule has 5 nitrogen and oxygen atoms in total. The number of likely N-dealkylation sites (N-methyl/N-ethyl adjacent to an activating group) is 1. The minimum Gasteiger partial charge on any atom is -0.493 e. The Hall–Kier alpha value is -1.84. The summed E-state index contributed by atoms with van der Waals surface area (Å²) in [5.74, 6) is 1.41. The van der Waals surface area contributed by atoms with Crippen LogP contribution in [0.4, 0.5) is 0 Å². The van der Waals surface area contributed by atoms with Crippen LogP contribution in [-0.2, 0) is 11.3 Å². The third kappa shape index (κ3) is 3.56. The maximum Gasteiger partial charge on any atom is 0.235 e. The first kappa shape index (κ1) is 13.6. The van der Waals surface area contributed by atoms with E-state index in [4.69, 9.17) is 9.47 Å². The normalized spacial score (nSPS) is 18.9. The van der Waals surface area contributed by atoms with E-state index in [-0.39, 0.29) is 6.10 Å². The molecule has 0 spiro atoms. The summed E-state index contributed by atoms with van der Waals surface area (Å²) < 4.78 is 11.3.